The van der Waals surface area contributed by atoms with Gasteiger partial charge in [-0.05, 0) is 38.1 Å². The number of aryl methyl sites for hydroxylation is 1. The van der Waals surface area contributed by atoms with Crippen LogP contribution in [0.25, 0.3) is 5.69 Å². The first-order chi connectivity index (χ1) is 9.40. The van der Waals surface area contributed by atoms with Crippen LogP contribution in [0.15, 0.2) is 30.3 Å². The van der Waals surface area contributed by atoms with Crippen molar-refractivity contribution in [2.75, 3.05) is 5.32 Å². The van der Waals surface area contributed by atoms with Crippen LogP contribution < -0.4 is 5.32 Å². The van der Waals surface area contributed by atoms with Gasteiger partial charge in [0.25, 0.3) is 0 Å². The second-order valence-electron chi connectivity index (χ2n) is 4.66. The van der Waals surface area contributed by atoms with Crippen LogP contribution in [0, 0.1) is 13.8 Å². The van der Waals surface area contributed by atoms with Gasteiger partial charge in [-0.2, -0.15) is 0 Å². The highest BCUT2D eigenvalue weighted by atomic mass is 16.4. The van der Waals surface area contributed by atoms with Gasteiger partial charge in [0.05, 0.1) is 5.56 Å². The maximum atomic E-state index is 11.2. The molecule has 0 unspecified atom stereocenters. The van der Waals surface area contributed by atoms with Crippen molar-refractivity contribution in [3.8, 4) is 5.69 Å². The minimum Gasteiger partial charge on any atom is -0.478 e. The maximum absolute atomic E-state index is 11.2. The van der Waals surface area contributed by atoms with Crippen molar-refractivity contribution in [2.45, 2.75) is 20.8 Å². The number of carbonyl (C=O) groups excluding carboxylic acids is 1. The molecule has 2 aromatic rings. The van der Waals surface area contributed by atoms with E-state index in [1.54, 1.807) is 19.1 Å². The van der Waals surface area contributed by atoms with Gasteiger partial charge in [-0.25, -0.2) is 4.79 Å². The van der Waals surface area contributed by atoms with Crippen LogP contribution in [0.5, 0.6) is 0 Å². The Kier molecular flexibility index (Phi) is 3.61. The molecule has 0 fully saturated rings. The predicted octanol–water partition coefficient (Wildman–Crippen LogP) is 2.75. The van der Waals surface area contributed by atoms with E-state index in [1.807, 2.05) is 29.7 Å². The van der Waals surface area contributed by atoms with Gasteiger partial charge in [0.2, 0.25) is 5.91 Å². The lowest BCUT2D eigenvalue weighted by Crippen LogP contribution is -2.07. The molecule has 20 heavy (non-hydrogen) atoms. The van der Waals surface area contributed by atoms with E-state index in [0.29, 0.717) is 11.4 Å². The molecule has 5 heteroatoms. The fraction of sp³-hybridized carbons (Fsp3) is 0.200. The Balaban J connectivity index is 2.51. The Morgan fingerprint density at radius 3 is 2.45 bits per heavy atom. The summed E-state index contributed by atoms with van der Waals surface area (Å²) in [4.78, 5) is 22.3. The summed E-state index contributed by atoms with van der Waals surface area (Å²) in [5.74, 6) is -1.09. The van der Waals surface area contributed by atoms with E-state index in [1.165, 1.54) is 6.92 Å². The molecule has 0 saturated heterocycles. The lowest BCUT2D eigenvalue weighted by molar-refractivity contribution is -0.114. The third-order valence-electron chi connectivity index (χ3n) is 3.09. The highest BCUT2D eigenvalue weighted by molar-refractivity contribution is 5.90. The van der Waals surface area contributed by atoms with Crippen LogP contribution in [0.4, 0.5) is 5.69 Å². The molecular weight excluding hydrogens is 256 g/mol. The summed E-state index contributed by atoms with van der Waals surface area (Å²) in [6, 6.07) is 8.93. The van der Waals surface area contributed by atoms with Gasteiger partial charge in [-0.3, -0.25) is 4.79 Å². The smallest absolute Gasteiger partial charge is 0.337 e. The number of aromatic nitrogens is 1. The second kappa shape index (κ2) is 5.21. The normalized spacial score (nSPS) is 10.3. The Morgan fingerprint density at radius 1 is 1.20 bits per heavy atom. The number of nitrogens with zero attached hydrogens (tertiary/aromatic N) is 1. The number of nitrogens with one attached hydrogen (secondary N) is 1. The van der Waals surface area contributed by atoms with Crippen molar-refractivity contribution in [3.63, 3.8) is 0 Å². The third kappa shape index (κ3) is 2.56. The van der Waals surface area contributed by atoms with E-state index in [9.17, 15) is 9.59 Å². The predicted molar refractivity (Wildman–Crippen MR) is 76.5 cm³/mol. The van der Waals surface area contributed by atoms with Crippen LogP contribution in [-0.4, -0.2) is 21.6 Å². The minimum atomic E-state index is -0.942. The fourth-order valence-corrected chi connectivity index (χ4v) is 2.30. The Labute approximate surface area is 116 Å². The minimum absolute atomic E-state index is 0.144. The molecule has 1 aromatic carbocycles. The standard InChI is InChI=1S/C15H16N2O3/c1-9-7-14(15(19)20)10(2)17(9)13-6-4-5-12(8-13)16-11(3)18/h4-8H,1-3H3,(H,16,18)(H,19,20). The number of aromatic carboxylic acids is 1. The summed E-state index contributed by atoms with van der Waals surface area (Å²) >= 11 is 0. The molecule has 0 aliphatic rings. The first-order valence-electron chi connectivity index (χ1n) is 6.20. The number of anilines is 1. The van der Waals surface area contributed by atoms with Gasteiger partial charge in [0, 0.05) is 29.7 Å². The van der Waals surface area contributed by atoms with Crippen LogP contribution in [0.2, 0.25) is 0 Å². The highest BCUT2D eigenvalue weighted by Crippen LogP contribution is 2.23. The van der Waals surface area contributed by atoms with Crippen molar-refractivity contribution in [1.82, 2.24) is 4.57 Å². The van der Waals surface area contributed by atoms with E-state index in [2.05, 4.69) is 5.32 Å². The van der Waals surface area contributed by atoms with E-state index in [4.69, 9.17) is 5.11 Å². The van der Waals surface area contributed by atoms with E-state index >= 15 is 0 Å². The third-order valence-corrected chi connectivity index (χ3v) is 3.09. The first-order valence-corrected chi connectivity index (χ1v) is 6.20. The summed E-state index contributed by atoms with van der Waals surface area (Å²) in [6.45, 7) is 5.06. The molecule has 5 nitrogen and oxygen atoms in total. The quantitative estimate of drug-likeness (QED) is 0.902. The monoisotopic (exact) mass is 272 g/mol. The van der Waals surface area contributed by atoms with Crippen molar-refractivity contribution in [3.05, 3.63) is 47.3 Å². The number of carboxylic acids is 1. The molecule has 0 atom stereocenters. The topological polar surface area (TPSA) is 71.3 Å². The number of hydrogen-bond donors (Lipinski definition) is 2. The molecule has 2 rings (SSSR count). The molecule has 0 saturated carbocycles. The number of carboxylic acid groups (broad SMARTS) is 1. The molecule has 1 heterocycles. The second-order valence-corrected chi connectivity index (χ2v) is 4.66. The molecule has 0 spiro atoms. The zero-order chi connectivity index (χ0) is 14.9. The van der Waals surface area contributed by atoms with Gasteiger partial charge in [-0.15, -0.1) is 0 Å². The molecule has 1 amide bonds. The van der Waals surface area contributed by atoms with E-state index < -0.39 is 5.97 Å². The van der Waals surface area contributed by atoms with Crippen LogP contribution in [-0.2, 0) is 4.79 Å². The molecule has 104 valence electrons. The Bertz CT molecular complexity index is 686. The van der Waals surface area contributed by atoms with Crippen molar-refractivity contribution >= 4 is 17.6 Å². The van der Waals surface area contributed by atoms with Gasteiger partial charge in [0.15, 0.2) is 0 Å². The number of rotatable bonds is 3. The van der Waals surface area contributed by atoms with E-state index in [0.717, 1.165) is 11.4 Å². The zero-order valence-electron chi connectivity index (χ0n) is 11.6. The number of carbonyl (C=O) groups is 2. The molecule has 0 aliphatic carbocycles. The Morgan fingerprint density at radius 2 is 1.90 bits per heavy atom. The summed E-state index contributed by atoms with van der Waals surface area (Å²) in [5.41, 5.74) is 3.28. The van der Waals surface area contributed by atoms with Crippen molar-refractivity contribution in [2.24, 2.45) is 0 Å². The number of amides is 1. The van der Waals surface area contributed by atoms with Gasteiger partial charge < -0.3 is 15.0 Å². The lowest BCUT2D eigenvalue weighted by Gasteiger charge is -2.11. The summed E-state index contributed by atoms with van der Waals surface area (Å²) in [7, 11) is 0. The molecular formula is C15H16N2O3. The van der Waals surface area contributed by atoms with Crippen molar-refractivity contribution < 1.29 is 14.7 Å². The largest absolute Gasteiger partial charge is 0.478 e. The average Bonchev–Trinajstić information content (AvgIpc) is 2.64. The number of hydrogen-bond acceptors (Lipinski definition) is 2. The summed E-state index contributed by atoms with van der Waals surface area (Å²) in [6.07, 6.45) is 0. The van der Waals surface area contributed by atoms with Gasteiger partial charge in [0.1, 0.15) is 0 Å². The van der Waals surface area contributed by atoms with Crippen LogP contribution in [0.3, 0.4) is 0 Å². The summed E-state index contributed by atoms with van der Waals surface area (Å²) in [5, 5.41) is 11.9. The molecule has 0 bridgehead atoms. The first kappa shape index (κ1) is 13.9. The molecule has 0 radical (unpaired) electrons. The lowest BCUT2D eigenvalue weighted by atomic mass is 10.2. The average molecular weight is 272 g/mol. The van der Waals surface area contributed by atoms with Gasteiger partial charge in [-0.1, -0.05) is 6.07 Å². The SMILES string of the molecule is CC(=O)Nc1cccc(-n2c(C)cc(C(=O)O)c2C)c1. The van der Waals surface area contributed by atoms with Crippen molar-refractivity contribution in [1.29, 1.82) is 0 Å². The molecule has 1 aromatic heterocycles. The van der Waals surface area contributed by atoms with Crippen LogP contribution >= 0.6 is 0 Å². The van der Waals surface area contributed by atoms with E-state index in [-0.39, 0.29) is 11.5 Å². The molecule has 0 aliphatic heterocycles. The fourth-order valence-electron chi connectivity index (χ4n) is 2.30. The molecule has 2 N–H and O–H groups in total. The zero-order valence-corrected chi connectivity index (χ0v) is 11.6. The van der Waals surface area contributed by atoms with Crippen LogP contribution in [0.1, 0.15) is 28.7 Å². The maximum Gasteiger partial charge on any atom is 0.337 e. The Hall–Kier alpha value is -2.56. The summed E-state index contributed by atoms with van der Waals surface area (Å²) < 4.78 is 1.86. The highest BCUT2D eigenvalue weighted by Gasteiger charge is 2.15. The van der Waals surface area contributed by atoms with Gasteiger partial charge >= 0.3 is 5.97 Å². The number of benzene rings is 1.